The Labute approximate surface area is 148 Å². The summed E-state index contributed by atoms with van der Waals surface area (Å²) in [6, 6.07) is 11.3. The van der Waals surface area contributed by atoms with E-state index in [0.717, 1.165) is 35.1 Å². The van der Waals surface area contributed by atoms with Crippen LogP contribution in [-0.2, 0) is 23.9 Å². The topological polar surface area (TPSA) is 42.3 Å². The predicted molar refractivity (Wildman–Crippen MR) is 90.6 cm³/mol. The van der Waals surface area contributed by atoms with Crippen LogP contribution in [0.3, 0.4) is 0 Å². The lowest BCUT2D eigenvalue weighted by Gasteiger charge is -2.25. The van der Waals surface area contributed by atoms with Crippen molar-refractivity contribution in [1.29, 1.82) is 0 Å². The maximum atomic E-state index is 12.8. The molecule has 0 spiro atoms. The van der Waals surface area contributed by atoms with Crippen LogP contribution in [0.2, 0.25) is 0 Å². The Morgan fingerprint density at radius 2 is 1.85 bits per heavy atom. The van der Waals surface area contributed by atoms with Gasteiger partial charge in [0.25, 0.3) is 5.56 Å². The Bertz CT molecular complexity index is 831. The van der Waals surface area contributed by atoms with E-state index in [4.69, 9.17) is 0 Å². The Kier molecular flexibility index (Phi) is 5.15. The molecule has 0 N–H and O–H groups in total. The first-order valence-electron chi connectivity index (χ1n) is 8.45. The number of benzene rings is 1. The van der Waals surface area contributed by atoms with E-state index in [9.17, 15) is 22.8 Å². The van der Waals surface area contributed by atoms with Gasteiger partial charge in [-0.05, 0) is 30.9 Å². The molecular formula is C19H19F3N2O2. The zero-order chi connectivity index (χ0) is 18.7. The number of amides is 1. The smallest absolute Gasteiger partial charge is 0.338 e. The van der Waals surface area contributed by atoms with Crippen LogP contribution < -0.4 is 5.56 Å². The second-order valence-corrected chi connectivity index (χ2v) is 6.45. The zero-order valence-corrected chi connectivity index (χ0v) is 14.1. The number of hydrogen-bond acceptors (Lipinski definition) is 2. The minimum atomic E-state index is -4.55. The fraction of sp³-hybridized carbons (Fsp3) is 0.368. The van der Waals surface area contributed by atoms with E-state index in [1.165, 1.54) is 0 Å². The summed E-state index contributed by atoms with van der Waals surface area (Å²) < 4.78 is 39.3. The quantitative estimate of drug-likeness (QED) is 0.837. The first-order chi connectivity index (χ1) is 12.3. The summed E-state index contributed by atoms with van der Waals surface area (Å²) in [4.78, 5) is 26.1. The van der Waals surface area contributed by atoms with Gasteiger partial charge in [-0.3, -0.25) is 9.59 Å². The number of halogens is 3. The number of carbonyl (C=O) groups excluding carboxylic acids is 1. The number of alkyl halides is 3. The molecule has 1 aliphatic heterocycles. The van der Waals surface area contributed by atoms with E-state index < -0.39 is 17.3 Å². The number of rotatable bonds is 4. The van der Waals surface area contributed by atoms with Crippen LogP contribution in [0.5, 0.6) is 0 Å². The van der Waals surface area contributed by atoms with Crippen molar-refractivity contribution in [2.45, 2.75) is 38.0 Å². The maximum Gasteiger partial charge on any atom is 0.417 e. The van der Waals surface area contributed by atoms with Gasteiger partial charge in [0.15, 0.2) is 0 Å². The average Bonchev–Trinajstić information content (AvgIpc) is 3.05. The van der Waals surface area contributed by atoms with Gasteiger partial charge in [0.2, 0.25) is 5.91 Å². The second kappa shape index (κ2) is 7.35. The van der Waals surface area contributed by atoms with Crippen molar-refractivity contribution in [2.24, 2.45) is 0 Å². The predicted octanol–water partition coefficient (Wildman–Crippen LogP) is 3.10. The summed E-state index contributed by atoms with van der Waals surface area (Å²) in [6.07, 6.45) is -1.45. The molecule has 1 amide bonds. The van der Waals surface area contributed by atoms with Gasteiger partial charge in [0.05, 0.1) is 5.56 Å². The number of aromatic nitrogens is 1. The Balaban J connectivity index is 1.74. The van der Waals surface area contributed by atoms with E-state index in [1.807, 2.05) is 30.3 Å². The number of hydrogen-bond donors (Lipinski definition) is 0. The van der Waals surface area contributed by atoms with Gasteiger partial charge in [-0.2, -0.15) is 13.2 Å². The molecule has 0 bridgehead atoms. The van der Waals surface area contributed by atoms with Crippen LogP contribution in [0.15, 0.2) is 53.5 Å². The molecule has 1 saturated heterocycles. The zero-order valence-electron chi connectivity index (χ0n) is 14.1. The number of pyridine rings is 1. The van der Waals surface area contributed by atoms with E-state index in [2.05, 4.69) is 0 Å². The van der Waals surface area contributed by atoms with Crippen molar-refractivity contribution >= 4 is 5.91 Å². The Morgan fingerprint density at radius 1 is 1.12 bits per heavy atom. The highest BCUT2D eigenvalue weighted by atomic mass is 19.4. The summed E-state index contributed by atoms with van der Waals surface area (Å²) in [7, 11) is 0. The van der Waals surface area contributed by atoms with Crippen LogP contribution in [0.25, 0.3) is 0 Å². The lowest BCUT2D eigenvalue weighted by atomic mass is 10.0. The van der Waals surface area contributed by atoms with Crippen molar-refractivity contribution in [1.82, 2.24) is 9.47 Å². The van der Waals surface area contributed by atoms with E-state index in [-0.39, 0.29) is 18.5 Å². The molecule has 3 rings (SSSR count). The molecule has 1 fully saturated rings. The summed E-state index contributed by atoms with van der Waals surface area (Å²) in [6.45, 7) is 0.179. The van der Waals surface area contributed by atoms with Crippen LogP contribution in [-0.4, -0.2) is 28.0 Å². The van der Waals surface area contributed by atoms with Crippen LogP contribution >= 0.6 is 0 Å². The van der Waals surface area contributed by atoms with Crippen molar-refractivity contribution < 1.29 is 18.0 Å². The highest BCUT2D eigenvalue weighted by molar-refractivity contribution is 5.76. The summed E-state index contributed by atoms with van der Waals surface area (Å²) >= 11 is 0. The van der Waals surface area contributed by atoms with Crippen LogP contribution in [0.4, 0.5) is 13.2 Å². The van der Waals surface area contributed by atoms with Gasteiger partial charge in [-0.25, -0.2) is 0 Å². The summed E-state index contributed by atoms with van der Waals surface area (Å²) in [5.74, 6) is -0.329. The first-order valence-corrected chi connectivity index (χ1v) is 8.45. The van der Waals surface area contributed by atoms with Gasteiger partial charge in [0.1, 0.15) is 6.54 Å². The Hall–Kier alpha value is -2.57. The lowest BCUT2D eigenvalue weighted by molar-refractivity contribution is -0.139. The SMILES string of the molecule is O=C(Cn1cc(C(F)(F)F)ccc1=O)N1CCCC1Cc1ccccc1. The second-order valence-electron chi connectivity index (χ2n) is 6.45. The monoisotopic (exact) mass is 364 g/mol. The largest absolute Gasteiger partial charge is 0.417 e. The fourth-order valence-electron chi connectivity index (χ4n) is 3.32. The molecule has 1 aliphatic rings. The van der Waals surface area contributed by atoms with E-state index in [1.54, 1.807) is 4.90 Å². The maximum absolute atomic E-state index is 12.8. The molecule has 0 saturated carbocycles. The molecular weight excluding hydrogens is 345 g/mol. The van der Waals surface area contributed by atoms with Crippen LogP contribution in [0, 0.1) is 0 Å². The molecule has 0 radical (unpaired) electrons. The van der Waals surface area contributed by atoms with Gasteiger partial charge >= 0.3 is 6.18 Å². The molecule has 2 aromatic rings. The van der Waals surface area contributed by atoms with Crippen molar-refractivity contribution in [3.8, 4) is 0 Å². The lowest BCUT2D eigenvalue weighted by Crippen LogP contribution is -2.40. The van der Waals surface area contributed by atoms with E-state index in [0.29, 0.717) is 19.2 Å². The molecule has 1 atom stereocenters. The first kappa shape index (κ1) is 18.2. The average molecular weight is 364 g/mol. The summed E-state index contributed by atoms with van der Waals surface area (Å²) in [5, 5.41) is 0. The molecule has 1 unspecified atom stereocenters. The van der Waals surface area contributed by atoms with Gasteiger partial charge in [0, 0.05) is 24.8 Å². The third-order valence-corrected chi connectivity index (χ3v) is 4.63. The summed E-state index contributed by atoms with van der Waals surface area (Å²) in [5.41, 5.74) is -0.453. The molecule has 2 heterocycles. The molecule has 1 aromatic carbocycles. The third kappa shape index (κ3) is 4.15. The molecule has 138 valence electrons. The van der Waals surface area contributed by atoms with Gasteiger partial charge < -0.3 is 9.47 Å². The minimum Gasteiger partial charge on any atom is -0.338 e. The normalized spacial score (nSPS) is 17.5. The van der Waals surface area contributed by atoms with Crippen molar-refractivity contribution in [3.05, 3.63) is 70.1 Å². The minimum absolute atomic E-state index is 0.00593. The van der Waals surface area contributed by atoms with Crippen molar-refractivity contribution in [2.75, 3.05) is 6.54 Å². The molecule has 0 aliphatic carbocycles. The van der Waals surface area contributed by atoms with Crippen LogP contribution in [0.1, 0.15) is 24.0 Å². The molecule has 26 heavy (non-hydrogen) atoms. The number of carbonyl (C=O) groups is 1. The number of nitrogens with zero attached hydrogens (tertiary/aromatic N) is 2. The standard InChI is InChI=1S/C19H19F3N2O2/c20-19(21,22)15-8-9-17(25)23(12-15)13-18(26)24-10-4-7-16(24)11-14-5-2-1-3-6-14/h1-3,5-6,8-9,12,16H,4,7,10-11,13H2. The molecule has 4 nitrogen and oxygen atoms in total. The van der Waals surface area contributed by atoms with E-state index >= 15 is 0 Å². The molecule has 7 heteroatoms. The van der Waals surface area contributed by atoms with Gasteiger partial charge in [-0.15, -0.1) is 0 Å². The highest BCUT2D eigenvalue weighted by Crippen LogP contribution is 2.28. The highest BCUT2D eigenvalue weighted by Gasteiger charge is 2.32. The number of likely N-dealkylation sites (tertiary alicyclic amines) is 1. The molecule has 1 aromatic heterocycles. The van der Waals surface area contributed by atoms with Crippen molar-refractivity contribution in [3.63, 3.8) is 0 Å². The Morgan fingerprint density at radius 3 is 2.54 bits per heavy atom. The third-order valence-electron chi connectivity index (χ3n) is 4.63. The fourth-order valence-corrected chi connectivity index (χ4v) is 3.32. The van der Waals surface area contributed by atoms with Gasteiger partial charge in [-0.1, -0.05) is 30.3 Å².